The fourth-order valence-electron chi connectivity index (χ4n) is 3.66. The largest absolute Gasteiger partial charge is 0.492 e. The molecule has 25 heavy (non-hydrogen) atoms. The number of hydrogen-bond donors (Lipinski definition) is 0. The van der Waals surface area contributed by atoms with E-state index in [4.69, 9.17) is 9.47 Å². The van der Waals surface area contributed by atoms with E-state index < -0.39 is 0 Å². The first-order valence-corrected chi connectivity index (χ1v) is 9.61. The van der Waals surface area contributed by atoms with Crippen LogP contribution in [0.4, 0.5) is 0 Å². The first kappa shape index (κ1) is 18.6. The second-order valence-electron chi connectivity index (χ2n) is 7.44. The summed E-state index contributed by atoms with van der Waals surface area (Å²) in [6.07, 6.45) is 2.62. The first-order valence-electron chi connectivity index (χ1n) is 9.61. The van der Waals surface area contributed by atoms with Crippen molar-refractivity contribution in [2.24, 2.45) is 0 Å². The van der Waals surface area contributed by atoms with E-state index in [0.717, 1.165) is 51.7 Å². The van der Waals surface area contributed by atoms with Crippen molar-refractivity contribution >= 4 is 0 Å². The average Bonchev–Trinajstić information content (AvgIpc) is 2.64. The van der Waals surface area contributed by atoms with E-state index >= 15 is 0 Å². The third-order valence-electron chi connectivity index (χ3n) is 5.32. The van der Waals surface area contributed by atoms with Gasteiger partial charge in [0, 0.05) is 38.8 Å². The van der Waals surface area contributed by atoms with Crippen LogP contribution in [0.5, 0.6) is 5.75 Å². The van der Waals surface area contributed by atoms with E-state index in [1.807, 2.05) is 0 Å². The Morgan fingerprint density at radius 2 is 1.84 bits per heavy atom. The third kappa shape index (κ3) is 5.96. The molecule has 3 rings (SSSR count). The maximum Gasteiger partial charge on any atom is 0.119 e. The van der Waals surface area contributed by atoms with Crippen LogP contribution >= 0.6 is 0 Å². The second kappa shape index (κ2) is 9.53. The van der Waals surface area contributed by atoms with Gasteiger partial charge in [0.2, 0.25) is 0 Å². The quantitative estimate of drug-likeness (QED) is 0.751. The molecule has 0 aliphatic carbocycles. The van der Waals surface area contributed by atoms with Gasteiger partial charge in [0.15, 0.2) is 0 Å². The zero-order valence-corrected chi connectivity index (χ0v) is 15.8. The predicted molar refractivity (Wildman–Crippen MR) is 101 cm³/mol. The smallest absolute Gasteiger partial charge is 0.119 e. The maximum atomic E-state index is 5.90. The number of likely N-dealkylation sites (N-methyl/N-ethyl adjacent to an activating group) is 1. The van der Waals surface area contributed by atoms with E-state index in [1.54, 1.807) is 0 Å². The summed E-state index contributed by atoms with van der Waals surface area (Å²) in [4.78, 5) is 7.33. The molecule has 2 aliphatic rings. The molecule has 140 valence electrons. The van der Waals surface area contributed by atoms with Crippen LogP contribution in [0.2, 0.25) is 0 Å². The number of ether oxygens (including phenoxy) is 2. The van der Waals surface area contributed by atoms with Crippen molar-refractivity contribution in [3.63, 3.8) is 0 Å². The Bertz CT molecular complexity index is 500. The van der Waals surface area contributed by atoms with Gasteiger partial charge in [0.05, 0.1) is 13.2 Å². The second-order valence-corrected chi connectivity index (χ2v) is 7.44. The van der Waals surface area contributed by atoms with E-state index in [2.05, 4.69) is 53.1 Å². The van der Waals surface area contributed by atoms with Crippen LogP contribution in [0.1, 0.15) is 18.4 Å². The fourth-order valence-corrected chi connectivity index (χ4v) is 3.66. The van der Waals surface area contributed by atoms with Crippen LogP contribution in [0.15, 0.2) is 24.3 Å². The predicted octanol–water partition coefficient (Wildman–Crippen LogP) is 1.92. The highest BCUT2D eigenvalue weighted by molar-refractivity contribution is 5.27. The van der Waals surface area contributed by atoms with E-state index in [9.17, 15) is 0 Å². The van der Waals surface area contributed by atoms with Gasteiger partial charge in [0.25, 0.3) is 0 Å². The summed E-state index contributed by atoms with van der Waals surface area (Å²) >= 11 is 0. The molecule has 1 atom stereocenters. The Kier molecular flexibility index (Phi) is 7.11. The molecular formula is C20H33N3O2. The van der Waals surface area contributed by atoms with Crippen molar-refractivity contribution in [2.45, 2.75) is 25.4 Å². The van der Waals surface area contributed by atoms with Crippen molar-refractivity contribution in [3.8, 4) is 5.75 Å². The summed E-state index contributed by atoms with van der Waals surface area (Å²) in [6, 6.07) is 9.34. The number of benzene rings is 1. The highest BCUT2D eigenvalue weighted by Gasteiger charge is 2.21. The van der Waals surface area contributed by atoms with E-state index in [0.29, 0.717) is 6.04 Å². The van der Waals surface area contributed by atoms with Gasteiger partial charge in [-0.1, -0.05) is 12.1 Å². The monoisotopic (exact) mass is 347 g/mol. The number of likely N-dealkylation sites (tertiary alicyclic amines) is 1. The van der Waals surface area contributed by atoms with Crippen LogP contribution in [0.25, 0.3) is 0 Å². The first-order chi connectivity index (χ1) is 12.2. The molecule has 0 aromatic heterocycles. The summed E-state index contributed by atoms with van der Waals surface area (Å²) in [5.74, 6) is 0.974. The lowest BCUT2D eigenvalue weighted by Crippen LogP contribution is -2.44. The molecule has 0 spiro atoms. The number of nitrogens with zero attached hydrogens (tertiary/aromatic N) is 3. The highest BCUT2D eigenvalue weighted by Crippen LogP contribution is 2.18. The number of rotatable bonds is 7. The average molecular weight is 348 g/mol. The Balaban J connectivity index is 1.40. The molecule has 1 aromatic rings. The highest BCUT2D eigenvalue weighted by atomic mass is 16.5. The lowest BCUT2D eigenvalue weighted by atomic mass is 10.0. The Morgan fingerprint density at radius 1 is 1.08 bits per heavy atom. The summed E-state index contributed by atoms with van der Waals surface area (Å²) in [5.41, 5.74) is 1.37. The van der Waals surface area contributed by atoms with Crippen molar-refractivity contribution in [2.75, 3.05) is 66.6 Å². The fraction of sp³-hybridized carbons (Fsp3) is 0.700. The molecule has 2 aliphatic heterocycles. The van der Waals surface area contributed by atoms with Gasteiger partial charge >= 0.3 is 0 Å². The van der Waals surface area contributed by atoms with Gasteiger partial charge in [-0.15, -0.1) is 0 Å². The summed E-state index contributed by atoms with van der Waals surface area (Å²) in [7, 11) is 4.38. The molecule has 0 N–H and O–H groups in total. The Labute approximate surface area is 152 Å². The molecule has 2 saturated heterocycles. The van der Waals surface area contributed by atoms with Gasteiger partial charge < -0.3 is 14.4 Å². The minimum Gasteiger partial charge on any atom is -0.492 e. The minimum atomic E-state index is 0.691. The maximum absolute atomic E-state index is 5.90. The van der Waals surface area contributed by atoms with Gasteiger partial charge in [-0.3, -0.25) is 9.80 Å². The van der Waals surface area contributed by atoms with Crippen LogP contribution in [0.3, 0.4) is 0 Å². The summed E-state index contributed by atoms with van der Waals surface area (Å²) < 4.78 is 11.3. The normalized spacial score (nSPS) is 23.1. The Hall–Kier alpha value is -1.14. The van der Waals surface area contributed by atoms with Crippen LogP contribution < -0.4 is 4.74 Å². The van der Waals surface area contributed by atoms with Crippen LogP contribution in [-0.2, 0) is 11.3 Å². The van der Waals surface area contributed by atoms with Gasteiger partial charge in [-0.25, -0.2) is 0 Å². The molecule has 0 saturated carbocycles. The number of piperidine rings is 1. The third-order valence-corrected chi connectivity index (χ3v) is 5.32. The van der Waals surface area contributed by atoms with Crippen molar-refractivity contribution < 1.29 is 9.47 Å². The van der Waals surface area contributed by atoms with Gasteiger partial charge in [-0.05, 0) is 51.2 Å². The molecule has 0 amide bonds. The minimum absolute atomic E-state index is 0.691. The van der Waals surface area contributed by atoms with Gasteiger partial charge in [0.1, 0.15) is 12.4 Å². The molecule has 0 bridgehead atoms. The van der Waals surface area contributed by atoms with Crippen molar-refractivity contribution in [1.82, 2.24) is 14.7 Å². The zero-order valence-electron chi connectivity index (χ0n) is 15.8. The molecule has 2 fully saturated rings. The molecule has 5 heteroatoms. The van der Waals surface area contributed by atoms with E-state index in [1.165, 1.54) is 31.5 Å². The lowest BCUT2D eigenvalue weighted by molar-refractivity contribution is 0.0322. The summed E-state index contributed by atoms with van der Waals surface area (Å²) in [6.45, 7) is 8.88. The number of hydrogen-bond acceptors (Lipinski definition) is 5. The molecule has 5 nitrogen and oxygen atoms in total. The topological polar surface area (TPSA) is 28.2 Å². The molecule has 0 unspecified atom stereocenters. The molecular weight excluding hydrogens is 314 g/mol. The zero-order chi connectivity index (χ0) is 17.5. The van der Waals surface area contributed by atoms with Crippen molar-refractivity contribution in [3.05, 3.63) is 29.8 Å². The van der Waals surface area contributed by atoms with Crippen molar-refractivity contribution in [1.29, 1.82) is 0 Å². The SMILES string of the molecule is CN(C)[C@@H]1CCCN(Cc2ccc(OCCN3CCOCC3)cc2)C1. The molecule has 2 heterocycles. The molecule has 0 radical (unpaired) electrons. The van der Waals surface area contributed by atoms with E-state index in [-0.39, 0.29) is 0 Å². The standard InChI is InChI=1S/C20H33N3O2/c1-21(2)19-4-3-9-23(17-19)16-18-5-7-20(8-6-18)25-15-12-22-10-13-24-14-11-22/h5-8,19H,3-4,9-17H2,1-2H3/t19-/m1/s1. The van der Waals surface area contributed by atoms with Crippen LogP contribution in [0, 0.1) is 0 Å². The molecule has 1 aromatic carbocycles. The van der Waals surface area contributed by atoms with Gasteiger partial charge in [-0.2, -0.15) is 0 Å². The van der Waals surface area contributed by atoms with Crippen LogP contribution in [-0.4, -0.2) is 87.4 Å². The lowest BCUT2D eigenvalue weighted by Gasteiger charge is -2.36. The number of morpholine rings is 1. The Morgan fingerprint density at radius 3 is 2.56 bits per heavy atom. The summed E-state index contributed by atoms with van der Waals surface area (Å²) in [5, 5.41) is 0.